The van der Waals surface area contributed by atoms with Gasteiger partial charge in [-0.25, -0.2) is 0 Å². The van der Waals surface area contributed by atoms with Gasteiger partial charge in [-0.2, -0.15) is 10.2 Å². The van der Waals surface area contributed by atoms with E-state index in [0.29, 0.717) is 22.7 Å². The third kappa shape index (κ3) is 3.32. The Morgan fingerprint density at radius 1 is 0.500 bits per heavy atom. The summed E-state index contributed by atoms with van der Waals surface area (Å²) in [5.41, 5.74) is 2.18. The number of rotatable bonds is 4. The minimum Gasteiger partial charge on any atom is -0.274 e. The SMILES string of the molecule is O=C1CCC(=O)N1c1ccc(N=Nc2ccc(N3C(=O)CCC3=O)cc2)cc1. The number of carbonyl (C=O) groups is 4. The van der Waals surface area contributed by atoms with E-state index >= 15 is 0 Å². The third-order valence-corrected chi connectivity index (χ3v) is 4.60. The van der Waals surface area contributed by atoms with Crippen LogP contribution in [0.1, 0.15) is 25.7 Å². The van der Waals surface area contributed by atoms with Gasteiger partial charge >= 0.3 is 0 Å². The van der Waals surface area contributed by atoms with Gasteiger partial charge < -0.3 is 0 Å². The number of amides is 4. The summed E-state index contributed by atoms with van der Waals surface area (Å²) >= 11 is 0. The van der Waals surface area contributed by atoms with Gasteiger partial charge in [-0.15, -0.1) is 0 Å². The summed E-state index contributed by atoms with van der Waals surface area (Å²) in [5, 5.41) is 8.26. The second-order valence-corrected chi connectivity index (χ2v) is 6.48. The highest BCUT2D eigenvalue weighted by Gasteiger charge is 2.30. The van der Waals surface area contributed by atoms with E-state index in [0.717, 1.165) is 0 Å². The Hall–Kier alpha value is -3.68. The fraction of sp³-hybridized carbons (Fsp3) is 0.200. The first kappa shape index (κ1) is 17.7. The summed E-state index contributed by atoms with van der Waals surface area (Å²) in [5.74, 6) is -0.798. The average Bonchev–Trinajstić information content (AvgIpc) is 3.22. The lowest BCUT2D eigenvalue weighted by Crippen LogP contribution is -2.28. The van der Waals surface area contributed by atoms with Crippen LogP contribution in [-0.2, 0) is 19.2 Å². The van der Waals surface area contributed by atoms with E-state index in [9.17, 15) is 19.2 Å². The van der Waals surface area contributed by atoms with E-state index in [4.69, 9.17) is 0 Å². The van der Waals surface area contributed by atoms with Gasteiger partial charge in [0.2, 0.25) is 23.6 Å². The Bertz CT molecular complexity index is 882. The number of anilines is 2. The average molecular weight is 376 g/mol. The lowest BCUT2D eigenvalue weighted by Gasteiger charge is -2.13. The molecule has 4 amide bonds. The smallest absolute Gasteiger partial charge is 0.234 e. The lowest BCUT2D eigenvalue weighted by molar-refractivity contribution is -0.122. The van der Waals surface area contributed by atoms with Gasteiger partial charge in [-0.3, -0.25) is 29.0 Å². The fourth-order valence-corrected chi connectivity index (χ4v) is 3.18. The molecule has 0 aromatic heterocycles. The quantitative estimate of drug-likeness (QED) is 0.603. The molecule has 8 nitrogen and oxygen atoms in total. The normalized spacial score (nSPS) is 17.4. The van der Waals surface area contributed by atoms with Gasteiger partial charge in [-0.05, 0) is 48.5 Å². The molecule has 0 unspecified atom stereocenters. The van der Waals surface area contributed by atoms with Crippen molar-refractivity contribution in [3.05, 3.63) is 48.5 Å². The molecular formula is C20H16N4O4. The molecule has 2 aromatic rings. The number of hydrogen-bond acceptors (Lipinski definition) is 6. The minimum absolute atomic E-state index is 0.200. The van der Waals surface area contributed by atoms with E-state index < -0.39 is 0 Å². The van der Waals surface area contributed by atoms with Crippen molar-refractivity contribution in [2.24, 2.45) is 10.2 Å². The zero-order valence-electron chi connectivity index (χ0n) is 14.9. The summed E-state index contributed by atoms with van der Waals surface area (Å²) < 4.78 is 0. The van der Waals surface area contributed by atoms with Crippen molar-refractivity contribution in [3.8, 4) is 0 Å². The molecule has 2 saturated heterocycles. The van der Waals surface area contributed by atoms with E-state index in [1.807, 2.05) is 0 Å². The molecular weight excluding hydrogens is 360 g/mol. The largest absolute Gasteiger partial charge is 0.274 e. The Balaban J connectivity index is 1.46. The highest BCUT2D eigenvalue weighted by Crippen LogP contribution is 2.28. The minimum atomic E-state index is -0.200. The molecule has 0 atom stereocenters. The van der Waals surface area contributed by atoms with Crippen molar-refractivity contribution in [2.75, 3.05) is 9.80 Å². The maximum atomic E-state index is 11.8. The van der Waals surface area contributed by atoms with E-state index in [1.54, 1.807) is 48.5 Å². The predicted octanol–water partition coefficient (Wildman–Crippen LogP) is 3.41. The van der Waals surface area contributed by atoms with Crippen LogP contribution in [0.2, 0.25) is 0 Å². The summed E-state index contributed by atoms with van der Waals surface area (Å²) in [4.78, 5) is 49.4. The van der Waals surface area contributed by atoms with Gasteiger partial charge in [-0.1, -0.05) is 0 Å². The molecule has 28 heavy (non-hydrogen) atoms. The summed E-state index contributed by atoms with van der Waals surface area (Å²) in [7, 11) is 0. The van der Waals surface area contributed by atoms with Crippen LogP contribution in [0.5, 0.6) is 0 Å². The van der Waals surface area contributed by atoms with E-state index in [1.165, 1.54) is 9.80 Å². The van der Waals surface area contributed by atoms with Crippen LogP contribution in [0.15, 0.2) is 58.8 Å². The molecule has 8 heteroatoms. The second-order valence-electron chi connectivity index (χ2n) is 6.48. The van der Waals surface area contributed by atoms with Gasteiger partial charge in [0.1, 0.15) is 0 Å². The highest BCUT2D eigenvalue weighted by molar-refractivity contribution is 6.20. The summed E-state index contributed by atoms with van der Waals surface area (Å²) in [6, 6.07) is 13.3. The van der Waals surface area contributed by atoms with Crippen LogP contribution >= 0.6 is 0 Å². The number of azo groups is 1. The van der Waals surface area contributed by atoms with Crippen molar-refractivity contribution in [2.45, 2.75) is 25.7 Å². The molecule has 2 aliphatic rings. The Morgan fingerprint density at radius 3 is 1.07 bits per heavy atom. The first-order valence-corrected chi connectivity index (χ1v) is 8.86. The predicted molar refractivity (Wildman–Crippen MR) is 101 cm³/mol. The fourth-order valence-electron chi connectivity index (χ4n) is 3.18. The van der Waals surface area contributed by atoms with Crippen molar-refractivity contribution < 1.29 is 19.2 Å². The molecule has 0 radical (unpaired) electrons. The standard InChI is InChI=1S/C20H16N4O4/c25-17-9-10-18(26)23(17)15-5-1-13(2-6-15)21-22-14-3-7-16(8-4-14)24-19(27)11-12-20(24)28/h1-8H,9-12H2. The molecule has 2 heterocycles. The second kappa shape index (κ2) is 7.15. The van der Waals surface area contributed by atoms with Crippen LogP contribution in [-0.4, -0.2) is 23.6 Å². The zero-order chi connectivity index (χ0) is 19.7. The molecule has 0 bridgehead atoms. The van der Waals surface area contributed by atoms with Gasteiger partial charge in [0, 0.05) is 25.7 Å². The van der Waals surface area contributed by atoms with Crippen LogP contribution in [0.25, 0.3) is 0 Å². The first-order chi connectivity index (χ1) is 13.5. The highest BCUT2D eigenvalue weighted by atomic mass is 16.2. The Labute approximate surface area is 160 Å². The lowest BCUT2D eigenvalue weighted by atomic mass is 10.2. The number of imide groups is 2. The molecule has 0 aliphatic carbocycles. The maximum absolute atomic E-state index is 11.8. The van der Waals surface area contributed by atoms with Crippen molar-refractivity contribution in [3.63, 3.8) is 0 Å². The topological polar surface area (TPSA) is 99.5 Å². The maximum Gasteiger partial charge on any atom is 0.234 e. The van der Waals surface area contributed by atoms with Gasteiger partial charge in [0.25, 0.3) is 0 Å². The summed E-state index contributed by atoms with van der Waals surface area (Å²) in [6.07, 6.45) is 0.964. The van der Waals surface area contributed by atoms with Gasteiger partial charge in [0.05, 0.1) is 22.7 Å². The first-order valence-electron chi connectivity index (χ1n) is 8.86. The molecule has 0 saturated carbocycles. The summed E-state index contributed by atoms with van der Waals surface area (Å²) in [6.45, 7) is 0. The molecule has 2 aromatic carbocycles. The molecule has 0 N–H and O–H groups in total. The van der Waals surface area contributed by atoms with Crippen molar-refractivity contribution in [1.29, 1.82) is 0 Å². The van der Waals surface area contributed by atoms with Crippen LogP contribution in [0, 0.1) is 0 Å². The van der Waals surface area contributed by atoms with Gasteiger partial charge in [0.15, 0.2) is 0 Å². The number of nitrogens with zero attached hydrogens (tertiary/aromatic N) is 4. The number of hydrogen-bond donors (Lipinski definition) is 0. The van der Waals surface area contributed by atoms with Crippen LogP contribution < -0.4 is 9.80 Å². The Kier molecular flexibility index (Phi) is 4.52. The Morgan fingerprint density at radius 2 is 0.786 bits per heavy atom. The van der Waals surface area contributed by atoms with E-state index in [2.05, 4.69) is 10.2 Å². The molecule has 2 aliphatic heterocycles. The van der Waals surface area contributed by atoms with Crippen LogP contribution in [0.4, 0.5) is 22.7 Å². The number of carbonyl (C=O) groups excluding carboxylic acids is 4. The van der Waals surface area contributed by atoms with E-state index in [-0.39, 0.29) is 49.3 Å². The van der Waals surface area contributed by atoms with Crippen molar-refractivity contribution >= 4 is 46.4 Å². The molecule has 2 fully saturated rings. The molecule has 140 valence electrons. The molecule has 0 spiro atoms. The van der Waals surface area contributed by atoms with Crippen LogP contribution in [0.3, 0.4) is 0 Å². The number of benzene rings is 2. The zero-order valence-corrected chi connectivity index (χ0v) is 14.9. The molecule has 4 rings (SSSR count). The monoisotopic (exact) mass is 376 g/mol. The third-order valence-electron chi connectivity index (χ3n) is 4.60. The van der Waals surface area contributed by atoms with Crippen molar-refractivity contribution in [1.82, 2.24) is 0 Å².